The Hall–Kier alpha value is -1.13. The van der Waals surface area contributed by atoms with E-state index in [2.05, 4.69) is 23.0 Å². The predicted octanol–water partition coefficient (Wildman–Crippen LogP) is 3.79. The molecular formula is C17H23N3S. The Morgan fingerprint density at radius 2 is 2.14 bits per heavy atom. The molecule has 112 valence electrons. The molecule has 0 aliphatic heterocycles. The molecule has 2 aliphatic carbocycles. The van der Waals surface area contributed by atoms with Crippen molar-refractivity contribution in [3.05, 3.63) is 39.3 Å². The van der Waals surface area contributed by atoms with Crippen molar-refractivity contribution in [3.63, 3.8) is 0 Å². The zero-order valence-corrected chi connectivity index (χ0v) is 13.2. The van der Waals surface area contributed by atoms with Crippen LogP contribution >= 0.6 is 11.3 Å². The maximum Gasteiger partial charge on any atom is 0.0643 e. The van der Waals surface area contributed by atoms with Gasteiger partial charge < -0.3 is 5.73 Å². The topological polar surface area (TPSA) is 43.8 Å². The summed E-state index contributed by atoms with van der Waals surface area (Å²) >= 11 is 1.92. The van der Waals surface area contributed by atoms with Crippen LogP contribution in [0.3, 0.4) is 0 Å². The van der Waals surface area contributed by atoms with Gasteiger partial charge in [-0.3, -0.25) is 4.68 Å². The van der Waals surface area contributed by atoms with E-state index < -0.39 is 0 Å². The molecule has 0 aromatic carbocycles. The molecule has 0 bridgehead atoms. The largest absolute Gasteiger partial charge is 0.323 e. The van der Waals surface area contributed by atoms with Gasteiger partial charge in [-0.1, -0.05) is 12.8 Å². The summed E-state index contributed by atoms with van der Waals surface area (Å²) in [5.41, 5.74) is 9.10. The minimum Gasteiger partial charge on any atom is -0.323 e. The summed E-state index contributed by atoms with van der Waals surface area (Å²) in [6.07, 6.45) is 12.1. The van der Waals surface area contributed by atoms with Crippen LogP contribution in [0.2, 0.25) is 0 Å². The Morgan fingerprint density at radius 1 is 1.29 bits per heavy atom. The van der Waals surface area contributed by atoms with Gasteiger partial charge in [-0.05, 0) is 49.8 Å². The highest BCUT2D eigenvalue weighted by Crippen LogP contribution is 2.34. The molecule has 1 saturated carbocycles. The van der Waals surface area contributed by atoms with Crippen LogP contribution in [-0.4, -0.2) is 9.78 Å². The van der Waals surface area contributed by atoms with E-state index in [1.165, 1.54) is 49.8 Å². The van der Waals surface area contributed by atoms with Crippen LogP contribution in [0, 0.1) is 0 Å². The minimum absolute atomic E-state index is 0.104. The van der Waals surface area contributed by atoms with Gasteiger partial charge in [0.15, 0.2) is 0 Å². The minimum atomic E-state index is 0.104. The Kier molecular flexibility index (Phi) is 3.59. The van der Waals surface area contributed by atoms with Gasteiger partial charge in [-0.2, -0.15) is 5.10 Å². The number of fused-ring (bicyclic) bond motifs is 1. The first-order valence-electron chi connectivity index (χ1n) is 8.21. The number of aromatic nitrogens is 2. The summed E-state index contributed by atoms with van der Waals surface area (Å²) in [6.45, 7) is 0. The molecule has 4 heteroatoms. The molecule has 0 saturated heterocycles. The molecule has 2 aromatic heterocycles. The number of rotatable bonds is 4. The first kappa shape index (κ1) is 13.5. The zero-order valence-electron chi connectivity index (χ0n) is 12.4. The van der Waals surface area contributed by atoms with Gasteiger partial charge in [-0.25, -0.2) is 0 Å². The van der Waals surface area contributed by atoms with Crippen LogP contribution in [0.25, 0.3) is 0 Å². The van der Waals surface area contributed by atoms with Crippen LogP contribution in [0.5, 0.6) is 0 Å². The zero-order chi connectivity index (χ0) is 14.2. The molecule has 4 rings (SSSR count). The monoisotopic (exact) mass is 301 g/mol. The summed E-state index contributed by atoms with van der Waals surface area (Å²) in [5.74, 6) is 0. The third-order valence-corrected chi connectivity index (χ3v) is 6.29. The fraction of sp³-hybridized carbons (Fsp3) is 0.588. The molecule has 2 heterocycles. The Morgan fingerprint density at radius 3 is 2.95 bits per heavy atom. The van der Waals surface area contributed by atoms with Crippen LogP contribution in [-0.2, 0) is 19.3 Å². The molecule has 3 nitrogen and oxygen atoms in total. The summed E-state index contributed by atoms with van der Waals surface area (Å²) in [4.78, 5) is 2.91. The van der Waals surface area contributed by atoms with Crippen LogP contribution in [0.15, 0.2) is 18.3 Å². The fourth-order valence-electron chi connectivity index (χ4n) is 3.72. The Balaban J connectivity index is 1.44. The molecule has 0 spiro atoms. The quantitative estimate of drug-likeness (QED) is 0.933. The summed E-state index contributed by atoms with van der Waals surface area (Å²) < 4.78 is 2.17. The van der Waals surface area contributed by atoms with Crippen molar-refractivity contribution < 1.29 is 0 Å². The van der Waals surface area contributed by atoms with Gasteiger partial charge in [0.05, 0.1) is 11.7 Å². The first-order valence-corrected chi connectivity index (χ1v) is 9.02. The summed E-state index contributed by atoms with van der Waals surface area (Å²) in [7, 11) is 0. The number of nitrogens with two attached hydrogens (primary N) is 1. The lowest BCUT2D eigenvalue weighted by atomic mass is 10.1. The van der Waals surface area contributed by atoms with Crippen molar-refractivity contribution in [3.8, 4) is 0 Å². The molecular weight excluding hydrogens is 278 g/mol. The fourth-order valence-corrected chi connectivity index (χ4v) is 4.98. The van der Waals surface area contributed by atoms with Gasteiger partial charge in [-0.15, -0.1) is 11.3 Å². The van der Waals surface area contributed by atoms with Crippen molar-refractivity contribution in [2.24, 2.45) is 5.73 Å². The number of hydrogen-bond acceptors (Lipinski definition) is 3. The van der Waals surface area contributed by atoms with E-state index in [1.54, 1.807) is 10.4 Å². The molecule has 0 amide bonds. The normalized spacial score (nSPS) is 20.0. The highest BCUT2D eigenvalue weighted by molar-refractivity contribution is 7.12. The Labute approximate surface area is 130 Å². The highest BCUT2D eigenvalue weighted by atomic mass is 32.1. The van der Waals surface area contributed by atoms with Gasteiger partial charge in [0.1, 0.15) is 0 Å². The van der Waals surface area contributed by atoms with Crippen LogP contribution in [0.4, 0.5) is 0 Å². The van der Waals surface area contributed by atoms with E-state index in [9.17, 15) is 0 Å². The van der Waals surface area contributed by atoms with Gasteiger partial charge in [0, 0.05) is 28.4 Å². The SMILES string of the molecule is NC(Cc1ccn(C2CCCC2)n1)c1cc2c(s1)CCC2. The second-order valence-corrected chi connectivity index (χ2v) is 7.66. The van der Waals surface area contributed by atoms with Crippen molar-refractivity contribution in [2.75, 3.05) is 0 Å². The van der Waals surface area contributed by atoms with E-state index in [0.29, 0.717) is 6.04 Å². The first-order chi connectivity index (χ1) is 10.3. The average Bonchev–Trinajstić information content (AvgIpc) is 3.22. The van der Waals surface area contributed by atoms with Crippen LogP contribution in [0.1, 0.15) is 65.2 Å². The molecule has 2 aliphatic rings. The van der Waals surface area contributed by atoms with Crippen molar-refractivity contribution in [1.82, 2.24) is 9.78 Å². The van der Waals surface area contributed by atoms with E-state index >= 15 is 0 Å². The van der Waals surface area contributed by atoms with Crippen molar-refractivity contribution >= 4 is 11.3 Å². The highest BCUT2D eigenvalue weighted by Gasteiger charge is 2.20. The maximum absolute atomic E-state index is 6.41. The lowest BCUT2D eigenvalue weighted by Crippen LogP contribution is -2.13. The average molecular weight is 301 g/mol. The van der Waals surface area contributed by atoms with Gasteiger partial charge in [0.2, 0.25) is 0 Å². The Bertz CT molecular complexity index is 600. The molecule has 1 unspecified atom stereocenters. The van der Waals surface area contributed by atoms with Crippen LogP contribution < -0.4 is 5.73 Å². The summed E-state index contributed by atoms with van der Waals surface area (Å²) in [5, 5.41) is 4.76. The number of aryl methyl sites for hydroxylation is 2. The predicted molar refractivity (Wildman–Crippen MR) is 86.7 cm³/mol. The second-order valence-electron chi connectivity index (χ2n) is 6.49. The third kappa shape index (κ3) is 2.67. The van der Waals surface area contributed by atoms with Crippen molar-refractivity contribution in [1.29, 1.82) is 0 Å². The molecule has 2 aromatic rings. The molecule has 1 fully saturated rings. The van der Waals surface area contributed by atoms with E-state index in [0.717, 1.165) is 12.1 Å². The smallest absolute Gasteiger partial charge is 0.0643 e. The maximum atomic E-state index is 6.41. The van der Waals surface area contributed by atoms with E-state index in [1.807, 2.05) is 11.3 Å². The standard InChI is InChI=1S/C17H23N3S/c18-15(17-10-12-4-3-7-16(12)21-17)11-13-8-9-20(19-13)14-5-1-2-6-14/h8-10,14-15H,1-7,11,18H2. The lowest BCUT2D eigenvalue weighted by Gasteiger charge is -2.10. The second kappa shape index (κ2) is 5.58. The third-order valence-electron chi connectivity index (χ3n) is 4.92. The summed E-state index contributed by atoms with van der Waals surface area (Å²) in [6, 6.07) is 5.22. The van der Waals surface area contributed by atoms with Gasteiger partial charge >= 0.3 is 0 Å². The molecule has 2 N–H and O–H groups in total. The molecule has 21 heavy (non-hydrogen) atoms. The van der Waals surface area contributed by atoms with Gasteiger partial charge in [0.25, 0.3) is 0 Å². The molecule has 0 radical (unpaired) electrons. The number of nitrogens with zero attached hydrogens (tertiary/aromatic N) is 2. The number of thiophene rings is 1. The number of hydrogen-bond donors (Lipinski definition) is 1. The van der Waals surface area contributed by atoms with E-state index in [-0.39, 0.29) is 6.04 Å². The lowest BCUT2D eigenvalue weighted by molar-refractivity contribution is 0.461. The van der Waals surface area contributed by atoms with E-state index in [4.69, 9.17) is 10.8 Å². The molecule has 1 atom stereocenters. The van der Waals surface area contributed by atoms with Crippen molar-refractivity contribution in [2.45, 2.75) is 63.5 Å².